The molecule has 0 saturated heterocycles. The van der Waals surface area contributed by atoms with Crippen molar-refractivity contribution < 1.29 is 9.90 Å². The molecule has 106 valence electrons. The lowest BCUT2D eigenvalue weighted by Gasteiger charge is -2.17. The third-order valence-electron chi connectivity index (χ3n) is 3.23. The number of hydrogen-bond donors (Lipinski definition) is 2. The van der Waals surface area contributed by atoms with E-state index in [0.29, 0.717) is 11.1 Å². The van der Waals surface area contributed by atoms with Gasteiger partial charge in [0.25, 0.3) is 5.91 Å². The zero-order valence-electron chi connectivity index (χ0n) is 11.7. The van der Waals surface area contributed by atoms with Gasteiger partial charge in [0.1, 0.15) is 5.75 Å². The fraction of sp³-hybridized carbons (Fsp3) is 0.312. The summed E-state index contributed by atoms with van der Waals surface area (Å²) < 4.78 is 0. The van der Waals surface area contributed by atoms with Crippen LogP contribution >= 0.6 is 11.3 Å². The van der Waals surface area contributed by atoms with Crippen molar-refractivity contribution in [3.8, 4) is 5.75 Å². The minimum Gasteiger partial charge on any atom is -0.508 e. The molecule has 0 radical (unpaired) electrons. The number of carbonyl (C=O) groups is 1. The summed E-state index contributed by atoms with van der Waals surface area (Å²) in [6.45, 7) is 3.90. The Hall–Kier alpha value is -1.81. The van der Waals surface area contributed by atoms with E-state index in [2.05, 4.69) is 12.2 Å². The number of amides is 1. The molecule has 0 bridgehead atoms. The number of benzene rings is 1. The van der Waals surface area contributed by atoms with E-state index in [1.54, 1.807) is 36.5 Å². The molecule has 2 aromatic rings. The monoisotopic (exact) mass is 289 g/mol. The highest BCUT2D eigenvalue weighted by atomic mass is 32.1. The first kappa shape index (κ1) is 14.6. The fourth-order valence-corrected chi connectivity index (χ4v) is 2.91. The van der Waals surface area contributed by atoms with Gasteiger partial charge in [0.05, 0.1) is 6.04 Å². The van der Waals surface area contributed by atoms with Gasteiger partial charge in [-0.1, -0.05) is 19.4 Å². The van der Waals surface area contributed by atoms with Gasteiger partial charge in [-0.25, -0.2) is 0 Å². The second-order valence-corrected chi connectivity index (χ2v) is 5.81. The van der Waals surface area contributed by atoms with Crippen LogP contribution in [0, 0.1) is 6.92 Å². The topological polar surface area (TPSA) is 49.3 Å². The van der Waals surface area contributed by atoms with Crippen molar-refractivity contribution >= 4 is 17.2 Å². The molecule has 1 unspecified atom stereocenters. The van der Waals surface area contributed by atoms with E-state index < -0.39 is 0 Å². The van der Waals surface area contributed by atoms with Gasteiger partial charge in [0.2, 0.25) is 0 Å². The predicted octanol–water partition coefficient (Wildman–Crippen LogP) is 4.03. The minimum atomic E-state index is -0.0973. The van der Waals surface area contributed by atoms with Crippen molar-refractivity contribution in [3.63, 3.8) is 0 Å². The van der Waals surface area contributed by atoms with E-state index in [-0.39, 0.29) is 17.7 Å². The third-order valence-corrected chi connectivity index (χ3v) is 4.21. The molecule has 0 aliphatic heterocycles. The zero-order valence-corrected chi connectivity index (χ0v) is 12.5. The predicted molar refractivity (Wildman–Crippen MR) is 82.3 cm³/mol. The lowest BCUT2D eigenvalue weighted by atomic mass is 10.1. The number of phenolic OH excluding ortho intramolecular Hbond substituents is 1. The summed E-state index contributed by atoms with van der Waals surface area (Å²) in [4.78, 5) is 13.5. The zero-order chi connectivity index (χ0) is 14.5. The SMILES string of the molecule is CCCC(NC(=O)c1ccc(O)c(C)c1)c1cccs1. The van der Waals surface area contributed by atoms with Crippen molar-refractivity contribution in [2.24, 2.45) is 0 Å². The molecular weight excluding hydrogens is 270 g/mol. The summed E-state index contributed by atoms with van der Waals surface area (Å²) >= 11 is 1.66. The Morgan fingerprint density at radius 3 is 2.80 bits per heavy atom. The van der Waals surface area contributed by atoms with Gasteiger partial charge < -0.3 is 10.4 Å². The summed E-state index contributed by atoms with van der Waals surface area (Å²) in [5.74, 6) is 0.116. The van der Waals surface area contributed by atoms with Crippen molar-refractivity contribution in [2.75, 3.05) is 0 Å². The summed E-state index contributed by atoms with van der Waals surface area (Å²) in [5.41, 5.74) is 1.29. The van der Waals surface area contributed by atoms with Crippen molar-refractivity contribution in [3.05, 3.63) is 51.7 Å². The molecule has 0 saturated carbocycles. The number of aromatic hydroxyl groups is 1. The van der Waals surface area contributed by atoms with E-state index >= 15 is 0 Å². The molecule has 1 aromatic carbocycles. The van der Waals surface area contributed by atoms with Gasteiger partial charge in [-0.2, -0.15) is 0 Å². The summed E-state index contributed by atoms with van der Waals surface area (Å²) in [6, 6.07) is 9.02. The summed E-state index contributed by atoms with van der Waals surface area (Å²) in [5, 5.41) is 14.6. The average Bonchev–Trinajstić information content (AvgIpc) is 2.95. The molecule has 0 spiro atoms. The number of phenols is 1. The van der Waals surface area contributed by atoms with Crippen LogP contribution in [0.4, 0.5) is 0 Å². The maximum atomic E-state index is 12.3. The first-order chi connectivity index (χ1) is 9.61. The molecule has 0 fully saturated rings. The maximum Gasteiger partial charge on any atom is 0.251 e. The van der Waals surface area contributed by atoms with Crippen LogP contribution in [0.15, 0.2) is 35.7 Å². The molecule has 20 heavy (non-hydrogen) atoms. The first-order valence-electron chi connectivity index (χ1n) is 6.75. The van der Waals surface area contributed by atoms with Gasteiger partial charge in [0.15, 0.2) is 0 Å². The number of rotatable bonds is 5. The number of carbonyl (C=O) groups excluding carboxylic acids is 1. The number of nitrogens with one attached hydrogen (secondary N) is 1. The van der Waals surface area contributed by atoms with Gasteiger partial charge in [-0.05, 0) is 48.6 Å². The number of hydrogen-bond acceptors (Lipinski definition) is 3. The van der Waals surface area contributed by atoms with Gasteiger partial charge in [-0.3, -0.25) is 4.79 Å². The molecular formula is C16H19NO2S. The van der Waals surface area contributed by atoms with E-state index in [1.807, 2.05) is 17.5 Å². The van der Waals surface area contributed by atoms with Crippen LogP contribution in [0.3, 0.4) is 0 Å². The van der Waals surface area contributed by atoms with Gasteiger partial charge in [-0.15, -0.1) is 11.3 Å². The Morgan fingerprint density at radius 1 is 1.40 bits per heavy atom. The quantitative estimate of drug-likeness (QED) is 0.873. The molecule has 0 aliphatic carbocycles. The smallest absolute Gasteiger partial charge is 0.251 e. The summed E-state index contributed by atoms with van der Waals surface area (Å²) in [6.07, 6.45) is 1.93. The molecule has 1 atom stereocenters. The molecule has 2 rings (SSSR count). The van der Waals surface area contributed by atoms with E-state index in [1.165, 1.54) is 4.88 Å². The van der Waals surface area contributed by atoms with Crippen molar-refractivity contribution in [1.82, 2.24) is 5.32 Å². The highest BCUT2D eigenvalue weighted by Gasteiger charge is 2.16. The number of thiophene rings is 1. The van der Waals surface area contributed by atoms with E-state index in [4.69, 9.17) is 0 Å². The van der Waals surface area contributed by atoms with Crippen molar-refractivity contribution in [2.45, 2.75) is 32.7 Å². The van der Waals surface area contributed by atoms with Crippen LogP contribution < -0.4 is 5.32 Å². The molecule has 3 nitrogen and oxygen atoms in total. The van der Waals surface area contributed by atoms with Crippen LogP contribution in [0.1, 0.15) is 46.6 Å². The second kappa shape index (κ2) is 6.57. The third kappa shape index (κ3) is 3.39. The Bertz CT molecular complexity index is 578. The minimum absolute atomic E-state index is 0.0570. The highest BCUT2D eigenvalue weighted by Crippen LogP contribution is 2.24. The maximum absolute atomic E-state index is 12.3. The molecule has 4 heteroatoms. The van der Waals surface area contributed by atoms with E-state index in [0.717, 1.165) is 12.8 Å². The molecule has 0 aliphatic rings. The molecule has 2 N–H and O–H groups in total. The van der Waals surface area contributed by atoms with Crippen LogP contribution in [0.5, 0.6) is 5.75 Å². The summed E-state index contributed by atoms with van der Waals surface area (Å²) in [7, 11) is 0. The highest BCUT2D eigenvalue weighted by molar-refractivity contribution is 7.10. The second-order valence-electron chi connectivity index (χ2n) is 4.83. The molecule has 1 amide bonds. The van der Waals surface area contributed by atoms with Crippen LogP contribution in [0.2, 0.25) is 0 Å². The molecule has 1 heterocycles. The Balaban J connectivity index is 2.13. The Morgan fingerprint density at radius 2 is 2.20 bits per heavy atom. The van der Waals surface area contributed by atoms with Crippen LogP contribution in [-0.2, 0) is 0 Å². The van der Waals surface area contributed by atoms with Gasteiger partial charge in [0, 0.05) is 10.4 Å². The van der Waals surface area contributed by atoms with Crippen LogP contribution in [-0.4, -0.2) is 11.0 Å². The van der Waals surface area contributed by atoms with Crippen LogP contribution in [0.25, 0.3) is 0 Å². The standard InChI is InChI=1S/C16H19NO2S/c1-3-5-13(15-6-4-9-20-15)17-16(19)12-7-8-14(18)11(2)10-12/h4,6-10,13,18H,3,5H2,1-2H3,(H,17,19). The number of aryl methyl sites for hydroxylation is 1. The fourth-order valence-electron chi connectivity index (χ4n) is 2.10. The Labute approximate surface area is 123 Å². The Kier molecular flexibility index (Phi) is 4.79. The average molecular weight is 289 g/mol. The normalized spacial score (nSPS) is 12.1. The lowest BCUT2D eigenvalue weighted by Crippen LogP contribution is -2.28. The largest absolute Gasteiger partial charge is 0.508 e. The van der Waals surface area contributed by atoms with Gasteiger partial charge >= 0.3 is 0 Å². The van der Waals surface area contributed by atoms with E-state index in [9.17, 15) is 9.90 Å². The molecule has 1 aromatic heterocycles. The van der Waals surface area contributed by atoms with Crippen molar-refractivity contribution in [1.29, 1.82) is 0 Å². The lowest BCUT2D eigenvalue weighted by molar-refractivity contribution is 0.0935. The first-order valence-corrected chi connectivity index (χ1v) is 7.63.